The molecule has 30 heavy (non-hydrogen) atoms. The zero-order chi connectivity index (χ0) is 21.1. The van der Waals surface area contributed by atoms with Gasteiger partial charge in [0.25, 0.3) is 0 Å². The van der Waals surface area contributed by atoms with Crippen molar-refractivity contribution >= 4 is 11.5 Å². The smallest absolute Gasteiger partial charge is 0.214 e. The summed E-state index contributed by atoms with van der Waals surface area (Å²) < 4.78 is 5.80. The standard InChI is InChI=1S/C24H33N5O/c1-5-18(4)16-28-8-10-29(11-9-28)22-12-19(6-7-25-22)24-21-13-23(30-17(2)3)26-14-20(21)15-27-24/h6-7,12-14,17-18H,5,8-11,15-16H2,1-4H3. The monoisotopic (exact) mass is 407 g/mol. The van der Waals surface area contributed by atoms with Gasteiger partial charge in [0.15, 0.2) is 0 Å². The van der Waals surface area contributed by atoms with E-state index in [4.69, 9.17) is 9.73 Å². The van der Waals surface area contributed by atoms with Crippen LogP contribution in [0, 0.1) is 5.92 Å². The SMILES string of the molecule is CCC(C)CN1CCN(c2cc(C3=NCc4cnc(OC(C)C)cc43)ccn2)CC1. The summed E-state index contributed by atoms with van der Waals surface area (Å²) in [6.45, 7) is 14.7. The van der Waals surface area contributed by atoms with Crippen molar-refractivity contribution in [3.8, 4) is 5.88 Å². The molecule has 0 saturated carbocycles. The van der Waals surface area contributed by atoms with Crippen molar-refractivity contribution in [1.29, 1.82) is 0 Å². The molecule has 2 aromatic rings. The molecule has 4 heterocycles. The van der Waals surface area contributed by atoms with Crippen molar-refractivity contribution in [3.05, 3.63) is 47.3 Å². The van der Waals surface area contributed by atoms with Gasteiger partial charge in [-0.15, -0.1) is 0 Å². The summed E-state index contributed by atoms with van der Waals surface area (Å²) >= 11 is 0. The fourth-order valence-electron chi connectivity index (χ4n) is 4.08. The molecular formula is C24H33N5O. The Balaban J connectivity index is 1.48. The maximum Gasteiger partial charge on any atom is 0.214 e. The second kappa shape index (κ2) is 9.13. The van der Waals surface area contributed by atoms with Crippen LogP contribution in [0.1, 0.15) is 50.8 Å². The number of anilines is 1. The number of rotatable bonds is 7. The van der Waals surface area contributed by atoms with Gasteiger partial charge in [0, 0.05) is 67.9 Å². The van der Waals surface area contributed by atoms with Gasteiger partial charge < -0.3 is 9.64 Å². The molecule has 1 saturated heterocycles. The molecule has 4 rings (SSSR count). The number of hydrogen-bond acceptors (Lipinski definition) is 6. The molecule has 160 valence electrons. The van der Waals surface area contributed by atoms with Gasteiger partial charge in [0.1, 0.15) is 5.82 Å². The summed E-state index contributed by atoms with van der Waals surface area (Å²) in [4.78, 5) is 18.9. The van der Waals surface area contributed by atoms with Crippen LogP contribution in [0.2, 0.25) is 0 Å². The van der Waals surface area contributed by atoms with Crippen LogP contribution < -0.4 is 9.64 Å². The molecule has 0 amide bonds. The molecular weight excluding hydrogens is 374 g/mol. The first-order chi connectivity index (χ1) is 14.5. The topological polar surface area (TPSA) is 53.9 Å². The number of aromatic nitrogens is 2. The van der Waals surface area contributed by atoms with Gasteiger partial charge in [-0.1, -0.05) is 20.3 Å². The van der Waals surface area contributed by atoms with Crippen LogP contribution in [0.3, 0.4) is 0 Å². The molecule has 2 aliphatic rings. The van der Waals surface area contributed by atoms with E-state index in [9.17, 15) is 0 Å². The van der Waals surface area contributed by atoms with Gasteiger partial charge in [-0.05, 0) is 31.9 Å². The molecule has 1 fully saturated rings. The Labute approximate surface area is 180 Å². The van der Waals surface area contributed by atoms with Crippen molar-refractivity contribution < 1.29 is 4.74 Å². The van der Waals surface area contributed by atoms with Crippen LogP contribution in [0.5, 0.6) is 5.88 Å². The van der Waals surface area contributed by atoms with E-state index >= 15 is 0 Å². The van der Waals surface area contributed by atoms with Gasteiger partial charge in [0.2, 0.25) is 5.88 Å². The number of pyridine rings is 2. The Kier molecular flexibility index (Phi) is 6.32. The van der Waals surface area contributed by atoms with Gasteiger partial charge in [0.05, 0.1) is 18.4 Å². The summed E-state index contributed by atoms with van der Waals surface area (Å²) in [5.41, 5.74) is 4.40. The van der Waals surface area contributed by atoms with Gasteiger partial charge in [-0.25, -0.2) is 9.97 Å². The third kappa shape index (κ3) is 4.64. The highest BCUT2D eigenvalue weighted by atomic mass is 16.5. The Morgan fingerprint density at radius 1 is 1.07 bits per heavy atom. The van der Waals surface area contributed by atoms with Crippen molar-refractivity contribution in [1.82, 2.24) is 14.9 Å². The lowest BCUT2D eigenvalue weighted by atomic mass is 10.0. The van der Waals surface area contributed by atoms with Crippen LogP contribution in [0.25, 0.3) is 0 Å². The number of hydrogen-bond donors (Lipinski definition) is 0. The Morgan fingerprint density at radius 2 is 1.87 bits per heavy atom. The van der Waals surface area contributed by atoms with E-state index < -0.39 is 0 Å². The predicted octanol–water partition coefficient (Wildman–Crippen LogP) is 3.78. The first-order valence-electron chi connectivity index (χ1n) is 11.2. The Bertz CT molecular complexity index is 902. The van der Waals surface area contributed by atoms with Crippen LogP contribution in [0.15, 0.2) is 35.6 Å². The third-order valence-electron chi connectivity index (χ3n) is 5.96. The van der Waals surface area contributed by atoms with Gasteiger partial charge in [-0.2, -0.15) is 0 Å². The lowest BCUT2D eigenvalue weighted by Gasteiger charge is -2.36. The molecule has 1 unspecified atom stereocenters. The van der Waals surface area contributed by atoms with Gasteiger partial charge in [-0.3, -0.25) is 9.89 Å². The molecule has 2 aliphatic heterocycles. The molecule has 0 radical (unpaired) electrons. The zero-order valence-corrected chi connectivity index (χ0v) is 18.6. The van der Waals surface area contributed by atoms with Crippen molar-refractivity contribution in [2.75, 3.05) is 37.6 Å². The van der Waals surface area contributed by atoms with Crippen LogP contribution >= 0.6 is 0 Å². The quantitative estimate of drug-likeness (QED) is 0.699. The maximum absolute atomic E-state index is 5.80. The highest BCUT2D eigenvalue weighted by molar-refractivity contribution is 6.15. The number of nitrogens with zero attached hydrogens (tertiary/aromatic N) is 5. The van der Waals surface area contributed by atoms with E-state index in [1.165, 1.54) is 13.0 Å². The van der Waals surface area contributed by atoms with Crippen molar-refractivity contribution in [2.24, 2.45) is 10.9 Å². The van der Waals surface area contributed by atoms with Crippen LogP contribution in [-0.2, 0) is 6.54 Å². The highest BCUT2D eigenvalue weighted by Gasteiger charge is 2.22. The minimum absolute atomic E-state index is 0.101. The Morgan fingerprint density at radius 3 is 2.60 bits per heavy atom. The number of ether oxygens (including phenoxy) is 1. The van der Waals surface area contributed by atoms with Gasteiger partial charge >= 0.3 is 0 Å². The average Bonchev–Trinajstić information content (AvgIpc) is 3.17. The summed E-state index contributed by atoms with van der Waals surface area (Å²) in [7, 11) is 0. The van der Waals surface area contributed by atoms with E-state index in [2.05, 4.69) is 45.7 Å². The molecule has 0 aliphatic carbocycles. The number of piperazine rings is 1. The fraction of sp³-hybridized carbons (Fsp3) is 0.542. The van der Waals surface area contributed by atoms with Crippen molar-refractivity contribution in [3.63, 3.8) is 0 Å². The summed E-state index contributed by atoms with van der Waals surface area (Å²) in [6.07, 6.45) is 5.14. The van der Waals surface area contributed by atoms with Crippen LogP contribution in [0.4, 0.5) is 5.82 Å². The fourth-order valence-corrected chi connectivity index (χ4v) is 4.08. The lowest BCUT2D eigenvalue weighted by molar-refractivity contribution is 0.222. The minimum atomic E-state index is 0.101. The number of aliphatic imine (C=N–C) groups is 1. The first-order valence-corrected chi connectivity index (χ1v) is 11.2. The van der Waals surface area contributed by atoms with Crippen molar-refractivity contribution in [2.45, 2.75) is 46.8 Å². The molecule has 0 aromatic carbocycles. The van der Waals surface area contributed by atoms with E-state index in [0.29, 0.717) is 12.4 Å². The lowest BCUT2D eigenvalue weighted by Crippen LogP contribution is -2.47. The second-order valence-corrected chi connectivity index (χ2v) is 8.71. The Hall–Kier alpha value is -2.47. The van der Waals surface area contributed by atoms with E-state index in [0.717, 1.165) is 60.3 Å². The molecule has 0 N–H and O–H groups in total. The van der Waals surface area contributed by atoms with E-state index in [1.807, 2.05) is 32.3 Å². The highest BCUT2D eigenvalue weighted by Crippen LogP contribution is 2.27. The molecule has 6 heteroatoms. The minimum Gasteiger partial charge on any atom is -0.475 e. The third-order valence-corrected chi connectivity index (χ3v) is 5.96. The summed E-state index contributed by atoms with van der Waals surface area (Å²) in [5, 5.41) is 0. The maximum atomic E-state index is 5.80. The van der Waals surface area contributed by atoms with Crippen LogP contribution in [-0.4, -0.2) is 59.4 Å². The average molecular weight is 408 g/mol. The molecule has 0 bridgehead atoms. The number of fused-ring (bicyclic) bond motifs is 1. The zero-order valence-electron chi connectivity index (χ0n) is 18.6. The predicted molar refractivity (Wildman–Crippen MR) is 122 cm³/mol. The molecule has 0 spiro atoms. The first kappa shape index (κ1) is 20.8. The van der Waals surface area contributed by atoms with E-state index in [1.54, 1.807) is 0 Å². The van der Waals surface area contributed by atoms with E-state index in [-0.39, 0.29) is 6.10 Å². The molecule has 1 atom stereocenters. The second-order valence-electron chi connectivity index (χ2n) is 8.71. The normalized spacial score (nSPS) is 17.8. The summed E-state index contributed by atoms with van der Waals surface area (Å²) in [5.74, 6) is 2.46. The largest absolute Gasteiger partial charge is 0.475 e. The molecule has 2 aromatic heterocycles. The molecule has 6 nitrogen and oxygen atoms in total. The summed E-state index contributed by atoms with van der Waals surface area (Å²) in [6, 6.07) is 6.26.